The fourth-order valence-corrected chi connectivity index (χ4v) is 2.00. The van der Waals surface area contributed by atoms with E-state index in [9.17, 15) is 0 Å². The molecule has 12 heavy (non-hydrogen) atoms. The normalized spacial score (nSPS) is 28.7. The third-order valence-corrected chi connectivity index (χ3v) is 2.87. The highest BCUT2D eigenvalue weighted by molar-refractivity contribution is 5.83. The fraction of sp³-hybridized carbons (Fsp3) is 0.889. The molecule has 0 amide bonds. The van der Waals surface area contributed by atoms with Gasteiger partial charge in [0.1, 0.15) is 5.60 Å². The summed E-state index contributed by atoms with van der Waals surface area (Å²) >= 11 is 0. The summed E-state index contributed by atoms with van der Waals surface area (Å²) in [5.41, 5.74) is 1.23. The molecule has 0 saturated carbocycles. The van der Waals surface area contributed by atoms with Crippen molar-refractivity contribution in [2.45, 2.75) is 31.8 Å². The van der Waals surface area contributed by atoms with Crippen LogP contribution in [0.25, 0.3) is 0 Å². The Balaban J connectivity index is 1.97. The smallest absolute Gasteiger partial charge is 0.145 e. The molecule has 2 aliphatic heterocycles. The van der Waals surface area contributed by atoms with Crippen LogP contribution in [0.15, 0.2) is 5.16 Å². The van der Waals surface area contributed by atoms with Gasteiger partial charge >= 0.3 is 0 Å². The van der Waals surface area contributed by atoms with E-state index in [4.69, 9.17) is 4.84 Å². The molecule has 1 fully saturated rings. The van der Waals surface area contributed by atoms with Gasteiger partial charge < -0.3 is 9.74 Å². The number of oxime groups is 1. The third kappa shape index (κ3) is 1.33. The van der Waals surface area contributed by atoms with Gasteiger partial charge in [-0.1, -0.05) is 5.16 Å². The summed E-state index contributed by atoms with van der Waals surface area (Å²) in [5, 5.41) is 4.04. The molecule has 0 aromatic heterocycles. The largest absolute Gasteiger partial charge is 0.389 e. The quantitative estimate of drug-likeness (QED) is 0.543. The second kappa shape index (κ2) is 2.73. The van der Waals surface area contributed by atoms with E-state index in [0.29, 0.717) is 0 Å². The molecule has 2 rings (SSSR count). The lowest BCUT2D eigenvalue weighted by Gasteiger charge is -2.35. The highest BCUT2D eigenvalue weighted by atomic mass is 16.7. The second-order valence-corrected chi connectivity index (χ2v) is 4.08. The highest BCUT2D eigenvalue weighted by Crippen LogP contribution is 2.33. The van der Waals surface area contributed by atoms with Crippen LogP contribution in [0.4, 0.5) is 0 Å². The minimum absolute atomic E-state index is 0.0800. The van der Waals surface area contributed by atoms with Crippen molar-refractivity contribution in [3.63, 3.8) is 0 Å². The lowest BCUT2D eigenvalue weighted by atomic mass is 9.87. The Morgan fingerprint density at radius 2 is 2.08 bits per heavy atom. The van der Waals surface area contributed by atoms with Crippen molar-refractivity contribution in [3.05, 3.63) is 0 Å². The van der Waals surface area contributed by atoms with Crippen LogP contribution in [-0.4, -0.2) is 36.3 Å². The standard InChI is InChI=1S/C9H16N2O/c1-8-7-9(12-10-8)3-5-11(2)6-4-9/h3-7H2,1-2H3. The summed E-state index contributed by atoms with van der Waals surface area (Å²) < 4.78 is 0. The van der Waals surface area contributed by atoms with Gasteiger partial charge in [-0.2, -0.15) is 0 Å². The minimum Gasteiger partial charge on any atom is -0.389 e. The molecular weight excluding hydrogens is 152 g/mol. The maximum atomic E-state index is 5.50. The number of nitrogens with zero attached hydrogens (tertiary/aromatic N) is 2. The van der Waals surface area contributed by atoms with Crippen LogP contribution < -0.4 is 0 Å². The van der Waals surface area contributed by atoms with Crippen LogP contribution in [0, 0.1) is 0 Å². The average Bonchev–Trinajstić information content (AvgIpc) is 2.40. The predicted octanol–water partition coefficient (Wildman–Crippen LogP) is 1.25. The van der Waals surface area contributed by atoms with E-state index in [0.717, 1.165) is 38.1 Å². The molecule has 2 heterocycles. The van der Waals surface area contributed by atoms with E-state index < -0.39 is 0 Å². The molecule has 3 nitrogen and oxygen atoms in total. The Bertz CT molecular complexity index is 205. The molecule has 0 unspecified atom stereocenters. The maximum absolute atomic E-state index is 5.50. The first-order chi connectivity index (χ1) is 5.70. The predicted molar refractivity (Wildman–Crippen MR) is 48.3 cm³/mol. The molecular formula is C9H16N2O. The number of likely N-dealkylation sites (tertiary alicyclic amines) is 1. The van der Waals surface area contributed by atoms with Crippen molar-refractivity contribution in [3.8, 4) is 0 Å². The highest BCUT2D eigenvalue weighted by Gasteiger charge is 2.39. The summed E-state index contributed by atoms with van der Waals surface area (Å²) in [7, 11) is 2.16. The van der Waals surface area contributed by atoms with Gasteiger partial charge in [-0.15, -0.1) is 0 Å². The third-order valence-electron chi connectivity index (χ3n) is 2.87. The van der Waals surface area contributed by atoms with Gasteiger partial charge in [0.05, 0.1) is 5.71 Å². The molecule has 0 N–H and O–H groups in total. The van der Waals surface area contributed by atoms with Crippen molar-refractivity contribution in [2.75, 3.05) is 20.1 Å². The van der Waals surface area contributed by atoms with Crippen molar-refractivity contribution in [1.29, 1.82) is 0 Å². The molecule has 0 bridgehead atoms. The lowest BCUT2D eigenvalue weighted by Crippen LogP contribution is -2.42. The SMILES string of the molecule is CC1=NOC2(CCN(C)CC2)C1. The van der Waals surface area contributed by atoms with Gasteiger partial charge in [0.15, 0.2) is 0 Å². The molecule has 0 radical (unpaired) electrons. The van der Waals surface area contributed by atoms with Crippen LogP contribution in [0.5, 0.6) is 0 Å². The fourth-order valence-electron chi connectivity index (χ4n) is 2.00. The molecule has 0 aromatic carbocycles. The van der Waals surface area contributed by atoms with Crippen LogP contribution in [-0.2, 0) is 4.84 Å². The number of hydrogen-bond donors (Lipinski definition) is 0. The Kier molecular flexibility index (Phi) is 1.83. The number of rotatable bonds is 0. The maximum Gasteiger partial charge on any atom is 0.145 e. The van der Waals surface area contributed by atoms with Crippen LogP contribution in [0.2, 0.25) is 0 Å². The Morgan fingerprint density at radius 3 is 2.58 bits per heavy atom. The Morgan fingerprint density at radius 1 is 1.42 bits per heavy atom. The molecule has 3 heteroatoms. The zero-order valence-electron chi connectivity index (χ0n) is 7.84. The van der Waals surface area contributed by atoms with Crippen molar-refractivity contribution in [2.24, 2.45) is 5.16 Å². The van der Waals surface area contributed by atoms with E-state index >= 15 is 0 Å². The van der Waals surface area contributed by atoms with Crippen LogP contribution in [0.3, 0.4) is 0 Å². The summed E-state index contributed by atoms with van der Waals surface area (Å²) in [6.45, 7) is 4.33. The van der Waals surface area contributed by atoms with E-state index in [-0.39, 0.29) is 5.60 Å². The molecule has 0 atom stereocenters. The molecule has 68 valence electrons. The van der Waals surface area contributed by atoms with E-state index in [1.54, 1.807) is 0 Å². The molecule has 0 aliphatic carbocycles. The minimum atomic E-state index is 0.0800. The average molecular weight is 168 g/mol. The first-order valence-electron chi connectivity index (χ1n) is 4.60. The zero-order chi connectivity index (χ0) is 8.60. The summed E-state index contributed by atoms with van der Waals surface area (Å²) in [5.74, 6) is 0. The van der Waals surface area contributed by atoms with E-state index in [1.807, 2.05) is 6.92 Å². The number of hydrogen-bond acceptors (Lipinski definition) is 3. The molecule has 0 aromatic rings. The molecule has 2 aliphatic rings. The molecule has 1 spiro atoms. The van der Waals surface area contributed by atoms with Gasteiger partial charge in [-0.25, -0.2) is 0 Å². The van der Waals surface area contributed by atoms with Crippen molar-refractivity contribution >= 4 is 5.71 Å². The lowest BCUT2D eigenvalue weighted by molar-refractivity contribution is -0.0578. The Hall–Kier alpha value is -0.570. The van der Waals surface area contributed by atoms with Gasteiger partial charge in [-0.05, 0) is 14.0 Å². The first-order valence-corrected chi connectivity index (χ1v) is 4.60. The summed E-state index contributed by atoms with van der Waals surface area (Å²) in [6, 6.07) is 0. The van der Waals surface area contributed by atoms with Crippen LogP contribution >= 0.6 is 0 Å². The van der Waals surface area contributed by atoms with Crippen molar-refractivity contribution < 1.29 is 4.84 Å². The van der Waals surface area contributed by atoms with Gasteiger partial charge in [0.25, 0.3) is 0 Å². The monoisotopic (exact) mass is 168 g/mol. The Labute approximate surface area is 73.4 Å². The number of piperidine rings is 1. The van der Waals surface area contributed by atoms with E-state index in [2.05, 4.69) is 17.1 Å². The summed E-state index contributed by atoms with van der Waals surface area (Å²) in [4.78, 5) is 7.85. The summed E-state index contributed by atoms with van der Waals surface area (Å²) in [6.07, 6.45) is 3.30. The van der Waals surface area contributed by atoms with Gasteiger partial charge in [0.2, 0.25) is 0 Å². The van der Waals surface area contributed by atoms with Gasteiger partial charge in [-0.3, -0.25) is 0 Å². The van der Waals surface area contributed by atoms with E-state index in [1.165, 1.54) is 0 Å². The van der Waals surface area contributed by atoms with Crippen LogP contribution in [0.1, 0.15) is 26.2 Å². The second-order valence-electron chi connectivity index (χ2n) is 4.08. The topological polar surface area (TPSA) is 24.8 Å². The van der Waals surface area contributed by atoms with Crippen molar-refractivity contribution in [1.82, 2.24) is 4.90 Å². The first kappa shape index (κ1) is 8.05. The zero-order valence-corrected chi connectivity index (χ0v) is 7.84. The molecule has 1 saturated heterocycles. The van der Waals surface area contributed by atoms with Gasteiger partial charge in [0, 0.05) is 32.4 Å².